The molecule has 0 unspecified atom stereocenters. The molecular formula is C19H20N4O6. The van der Waals surface area contributed by atoms with Crippen LogP contribution in [0, 0.1) is 10.1 Å². The van der Waals surface area contributed by atoms with E-state index in [0.29, 0.717) is 5.69 Å². The van der Waals surface area contributed by atoms with Gasteiger partial charge in [-0.1, -0.05) is 19.1 Å². The molecular weight excluding hydrogens is 380 g/mol. The molecule has 2 rings (SSSR count). The minimum Gasteiger partial charge on any atom is -0.500 e. The lowest BCUT2D eigenvalue weighted by Crippen LogP contribution is -2.32. The second-order valence-corrected chi connectivity index (χ2v) is 5.78. The number of anilines is 1. The van der Waals surface area contributed by atoms with Crippen molar-refractivity contribution in [2.45, 2.75) is 20.3 Å². The Balaban J connectivity index is 2.04. The van der Waals surface area contributed by atoms with Gasteiger partial charge in [-0.2, -0.15) is 5.10 Å². The van der Waals surface area contributed by atoms with Crippen molar-refractivity contribution >= 4 is 29.4 Å². The van der Waals surface area contributed by atoms with Gasteiger partial charge in [-0.15, -0.1) is 0 Å². The van der Waals surface area contributed by atoms with Crippen molar-refractivity contribution in [3.8, 4) is 11.5 Å². The van der Waals surface area contributed by atoms with Crippen LogP contribution in [0.3, 0.4) is 0 Å². The molecule has 0 saturated carbocycles. The third-order valence-corrected chi connectivity index (χ3v) is 3.78. The van der Waals surface area contributed by atoms with Crippen molar-refractivity contribution in [1.82, 2.24) is 5.43 Å². The molecule has 29 heavy (non-hydrogen) atoms. The number of phenolic OH excluding ortho intramolecular Hbond substituents is 1. The summed E-state index contributed by atoms with van der Waals surface area (Å²) in [6.45, 7) is 3.83. The van der Waals surface area contributed by atoms with Gasteiger partial charge in [0.1, 0.15) is 0 Å². The van der Waals surface area contributed by atoms with Gasteiger partial charge in [0.25, 0.3) is 0 Å². The second-order valence-electron chi connectivity index (χ2n) is 5.78. The Morgan fingerprint density at radius 3 is 2.48 bits per heavy atom. The third-order valence-electron chi connectivity index (χ3n) is 3.78. The molecule has 10 nitrogen and oxygen atoms in total. The number of nitro benzene ring substituents is 1. The molecule has 0 fully saturated rings. The highest BCUT2D eigenvalue weighted by Crippen LogP contribution is 2.36. The number of carbonyl (C=O) groups is 2. The number of rotatable bonds is 7. The van der Waals surface area contributed by atoms with Crippen molar-refractivity contribution in [3.05, 3.63) is 57.6 Å². The van der Waals surface area contributed by atoms with Gasteiger partial charge in [-0.25, -0.2) is 5.43 Å². The Bertz CT molecular complexity index is 940. The quantitative estimate of drug-likeness (QED) is 0.282. The number of nitrogens with one attached hydrogen (secondary N) is 2. The number of phenols is 1. The zero-order valence-corrected chi connectivity index (χ0v) is 15.8. The number of carbonyl (C=O) groups excluding carboxylic acids is 2. The van der Waals surface area contributed by atoms with Crippen molar-refractivity contribution in [3.63, 3.8) is 0 Å². The molecule has 0 spiro atoms. The van der Waals surface area contributed by atoms with Crippen molar-refractivity contribution < 1.29 is 24.4 Å². The number of aromatic hydroxyl groups is 1. The first-order valence-electron chi connectivity index (χ1n) is 8.73. The van der Waals surface area contributed by atoms with Crippen molar-refractivity contribution in [1.29, 1.82) is 0 Å². The summed E-state index contributed by atoms with van der Waals surface area (Å²) in [4.78, 5) is 34.0. The largest absolute Gasteiger partial charge is 0.500 e. The fraction of sp³-hybridized carbons (Fsp3) is 0.211. The highest BCUT2D eigenvalue weighted by molar-refractivity contribution is 6.39. The first kappa shape index (κ1) is 21.4. The summed E-state index contributed by atoms with van der Waals surface area (Å²) in [6, 6.07) is 9.40. The molecule has 0 aromatic heterocycles. The first-order chi connectivity index (χ1) is 13.8. The summed E-state index contributed by atoms with van der Waals surface area (Å²) in [5, 5.41) is 26.9. The number of hydrogen-bond acceptors (Lipinski definition) is 7. The van der Waals surface area contributed by atoms with Gasteiger partial charge in [0.05, 0.1) is 17.7 Å². The lowest BCUT2D eigenvalue weighted by atomic mass is 10.1. The van der Waals surface area contributed by atoms with E-state index in [4.69, 9.17) is 4.74 Å². The summed E-state index contributed by atoms with van der Waals surface area (Å²) in [5.74, 6) is -2.63. The first-order valence-corrected chi connectivity index (χ1v) is 8.73. The van der Waals surface area contributed by atoms with Crippen LogP contribution in [0.15, 0.2) is 41.5 Å². The van der Waals surface area contributed by atoms with Gasteiger partial charge in [0.2, 0.25) is 5.75 Å². The average Bonchev–Trinajstić information content (AvgIpc) is 2.70. The molecule has 2 aromatic carbocycles. The Kier molecular flexibility index (Phi) is 7.24. The molecule has 10 heteroatoms. The van der Waals surface area contributed by atoms with E-state index in [9.17, 15) is 24.8 Å². The molecule has 152 valence electrons. The number of nitro groups is 1. The Hall–Kier alpha value is -3.95. The molecule has 0 radical (unpaired) electrons. The van der Waals surface area contributed by atoms with Gasteiger partial charge in [0, 0.05) is 17.3 Å². The predicted molar refractivity (Wildman–Crippen MR) is 106 cm³/mol. The average molecular weight is 400 g/mol. The third kappa shape index (κ3) is 5.76. The molecule has 0 aliphatic rings. The fourth-order valence-electron chi connectivity index (χ4n) is 2.32. The van der Waals surface area contributed by atoms with Crippen LogP contribution in [0.2, 0.25) is 0 Å². The number of nitrogens with zero attached hydrogens (tertiary/aromatic N) is 2. The van der Waals surface area contributed by atoms with Gasteiger partial charge in [-0.05, 0) is 37.1 Å². The molecule has 3 N–H and O–H groups in total. The summed E-state index contributed by atoms with van der Waals surface area (Å²) >= 11 is 0. The van der Waals surface area contributed by atoms with E-state index in [0.717, 1.165) is 24.3 Å². The van der Waals surface area contributed by atoms with E-state index in [1.807, 2.05) is 24.5 Å². The molecule has 0 aliphatic carbocycles. The molecule has 0 atom stereocenters. The van der Waals surface area contributed by atoms with Gasteiger partial charge >= 0.3 is 17.5 Å². The fourth-order valence-corrected chi connectivity index (χ4v) is 2.32. The van der Waals surface area contributed by atoms with E-state index in [1.165, 1.54) is 6.07 Å². The molecule has 0 saturated heterocycles. The number of aryl methyl sites for hydroxylation is 1. The summed E-state index contributed by atoms with van der Waals surface area (Å²) in [5.41, 5.74) is 3.20. The van der Waals surface area contributed by atoms with E-state index in [2.05, 4.69) is 10.4 Å². The summed E-state index contributed by atoms with van der Waals surface area (Å²) < 4.78 is 5.15. The minimum absolute atomic E-state index is 0.0947. The molecule has 0 heterocycles. The number of ether oxygens (including phenoxy) is 1. The number of hydrogen-bond donors (Lipinski definition) is 3. The van der Waals surface area contributed by atoms with Gasteiger partial charge < -0.3 is 15.2 Å². The van der Waals surface area contributed by atoms with Crippen LogP contribution in [0.25, 0.3) is 0 Å². The van der Waals surface area contributed by atoms with E-state index < -0.39 is 28.2 Å². The molecule has 2 aromatic rings. The van der Waals surface area contributed by atoms with Crippen LogP contribution in [0.5, 0.6) is 11.5 Å². The lowest BCUT2D eigenvalue weighted by molar-refractivity contribution is -0.386. The normalized spacial score (nSPS) is 10.6. The van der Waals surface area contributed by atoms with E-state index in [-0.39, 0.29) is 17.9 Å². The number of amides is 2. The minimum atomic E-state index is -1.01. The maximum absolute atomic E-state index is 11.9. The van der Waals surface area contributed by atoms with Gasteiger partial charge in [0.15, 0.2) is 5.75 Å². The highest BCUT2D eigenvalue weighted by Gasteiger charge is 2.20. The molecule has 0 bridgehead atoms. The SMILES string of the molecule is CCOc1cc(/C=N/NC(=O)C(=O)Nc2ccc(CC)cc2)cc([N+](=O)[O-])c1O. The standard InChI is InChI=1S/C19H20N4O6/c1-3-12-5-7-14(8-6-12)21-18(25)19(26)22-20-11-13-9-15(23(27)28)17(24)16(10-13)29-4-2/h5-11,24H,3-4H2,1-2H3,(H,21,25)(H,22,26)/b20-11+. The number of hydrazone groups is 1. The van der Waals surface area contributed by atoms with Crippen LogP contribution in [-0.4, -0.2) is 34.7 Å². The molecule has 2 amide bonds. The Labute approximate surface area is 166 Å². The van der Waals surface area contributed by atoms with E-state index >= 15 is 0 Å². The predicted octanol–water partition coefficient (Wildman–Crippen LogP) is 2.35. The maximum atomic E-state index is 11.9. The lowest BCUT2D eigenvalue weighted by Gasteiger charge is -2.07. The highest BCUT2D eigenvalue weighted by atomic mass is 16.6. The zero-order valence-electron chi connectivity index (χ0n) is 15.8. The Morgan fingerprint density at radius 2 is 1.90 bits per heavy atom. The summed E-state index contributed by atoms with van der Waals surface area (Å²) in [6.07, 6.45) is 1.94. The van der Waals surface area contributed by atoms with Crippen LogP contribution < -0.4 is 15.5 Å². The van der Waals surface area contributed by atoms with Crippen molar-refractivity contribution in [2.75, 3.05) is 11.9 Å². The smallest absolute Gasteiger partial charge is 0.329 e. The van der Waals surface area contributed by atoms with Gasteiger partial charge in [-0.3, -0.25) is 19.7 Å². The van der Waals surface area contributed by atoms with Crippen LogP contribution in [0.1, 0.15) is 25.0 Å². The van der Waals surface area contributed by atoms with Crippen LogP contribution in [-0.2, 0) is 16.0 Å². The monoisotopic (exact) mass is 400 g/mol. The Morgan fingerprint density at radius 1 is 1.21 bits per heavy atom. The topological polar surface area (TPSA) is 143 Å². The molecule has 0 aliphatic heterocycles. The second kappa shape index (κ2) is 9.83. The van der Waals surface area contributed by atoms with Crippen LogP contribution >= 0.6 is 0 Å². The number of benzene rings is 2. The maximum Gasteiger partial charge on any atom is 0.329 e. The van der Waals surface area contributed by atoms with E-state index in [1.54, 1.807) is 19.1 Å². The zero-order chi connectivity index (χ0) is 21.4. The summed E-state index contributed by atoms with van der Waals surface area (Å²) in [7, 11) is 0. The van der Waals surface area contributed by atoms with Crippen LogP contribution in [0.4, 0.5) is 11.4 Å². The van der Waals surface area contributed by atoms with Crippen molar-refractivity contribution in [2.24, 2.45) is 5.10 Å².